The van der Waals surface area contributed by atoms with E-state index in [0.29, 0.717) is 5.56 Å². The fraction of sp³-hybridized carbons (Fsp3) is 0.0714. The van der Waals surface area contributed by atoms with E-state index in [0.717, 1.165) is 16.5 Å². The first kappa shape index (κ1) is 17.6. The van der Waals surface area contributed by atoms with E-state index in [4.69, 9.17) is 22.7 Å². The van der Waals surface area contributed by atoms with Gasteiger partial charge >= 0.3 is 0 Å². The van der Waals surface area contributed by atoms with Crippen LogP contribution in [0, 0.1) is 16.5 Å². The summed E-state index contributed by atoms with van der Waals surface area (Å²) in [4.78, 5) is 0.0489. The lowest BCUT2D eigenvalue weighted by Gasteiger charge is -2.12. The van der Waals surface area contributed by atoms with Crippen molar-refractivity contribution in [1.82, 2.24) is 0 Å². The Morgan fingerprint density at radius 3 is 2.38 bits per heavy atom. The lowest BCUT2D eigenvalue weighted by atomic mass is 10.1. The van der Waals surface area contributed by atoms with Gasteiger partial charge in [-0.2, -0.15) is 0 Å². The van der Waals surface area contributed by atoms with Gasteiger partial charge in [0.05, 0.1) is 7.14 Å². The molecule has 2 nitrogen and oxygen atoms in total. The molecule has 21 heavy (non-hydrogen) atoms. The van der Waals surface area contributed by atoms with Crippen LogP contribution in [0.4, 0.5) is 4.39 Å². The quantitative estimate of drug-likeness (QED) is 0.384. The maximum Gasteiger partial charge on any atom is 0.146 e. The molecule has 2 aromatic rings. The van der Waals surface area contributed by atoms with Crippen molar-refractivity contribution in [2.75, 3.05) is 0 Å². The van der Waals surface area contributed by atoms with Crippen molar-refractivity contribution in [3.05, 3.63) is 58.0 Å². The van der Waals surface area contributed by atoms with E-state index < -0.39 is 5.82 Å². The fourth-order valence-corrected chi connectivity index (χ4v) is 5.75. The average molecular weight is 639 g/mol. The number of hydrogen-bond donors (Lipinski definition) is 1. The summed E-state index contributed by atoms with van der Waals surface area (Å²) < 4.78 is 23.1. The van der Waals surface area contributed by atoms with Crippen molar-refractivity contribution in [3.8, 4) is 5.75 Å². The number of nitrogens with two attached hydrogens (primary N) is 1. The van der Waals surface area contributed by atoms with Crippen LogP contribution in [0.3, 0.4) is 0 Å². The highest BCUT2D eigenvalue weighted by Gasteiger charge is 2.13. The van der Waals surface area contributed by atoms with E-state index in [1.807, 2.05) is 12.1 Å². The molecule has 110 valence electrons. The van der Waals surface area contributed by atoms with E-state index >= 15 is 0 Å². The van der Waals surface area contributed by atoms with E-state index in [1.165, 1.54) is 0 Å². The van der Waals surface area contributed by atoms with Crippen LogP contribution in [0.1, 0.15) is 11.1 Å². The van der Waals surface area contributed by atoms with Gasteiger partial charge in [0.25, 0.3) is 0 Å². The topological polar surface area (TPSA) is 35.2 Å². The first-order valence-corrected chi connectivity index (χ1v) is 9.39. The molecule has 0 heterocycles. The first-order valence-electron chi connectivity index (χ1n) is 5.74. The number of benzene rings is 2. The zero-order valence-corrected chi connectivity index (χ0v) is 17.8. The number of ether oxygens (including phenoxy) is 1. The standard InChI is InChI=1S/C14H9FI3NOS/c15-12-7(2-1-3-9(12)14(19)21)6-20-13-10(17)4-8(16)5-11(13)18/h1-5H,6H2,(H2,19,21). The largest absolute Gasteiger partial charge is 0.487 e. The summed E-state index contributed by atoms with van der Waals surface area (Å²) in [5.41, 5.74) is 6.19. The third-order valence-corrected chi connectivity index (χ3v) is 5.12. The molecule has 2 N–H and O–H groups in total. The van der Waals surface area contributed by atoms with E-state index in [1.54, 1.807) is 18.2 Å². The Hall–Kier alpha value is 0.250. The molecule has 2 aromatic carbocycles. The first-order chi connectivity index (χ1) is 9.90. The molecule has 0 radical (unpaired) electrons. The van der Waals surface area contributed by atoms with Gasteiger partial charge in [-0.05, 0) is 86.0 Å². The molecule has 0 amide bonds. The SMILES string of the molecule is NC(=S)c1cccc(COc2c(I)cc(I)cc2I)c1F. The summed E-state index contributed by atoms with van der Waals surface area (Å²) in [6, 6.07) is 8.99. The van der Waals surface area contributed by atoms with Gasteiger partial charge in [-0.1, -0.05) is 24.4 Å². The Morgan fingerprint density at radius 2 is 1.81 bits per heavy atom. The predicted molar refractivity (Wildman–Crippen MR) is 111 cm³/mol. The Kier molecular flexibility index (Phi) is 6.44. The maximum absolute atomic E-state index is 14.2. The van der Waals surface area contributed by atoms with Crippen LogP contribution in [0.15, 0.2) is 30.3 Å². The Morgan fingerprint density at radius 1 is 1.19 bits per heavy atom. The number of rotatable bonds is 4. The van der Waals surface area contributed by atoms with Crippen LogP contribution in [0.5, 0.6) is 5.75 Å². The molecule has 0 aromatic heterocycles. The average Bonchev–Trinajstić information content (AvgIpc) is 2.38. The Balaban J connectivity index is 2.25. The highest BCUT2D eigenvalue weighted by Crippen LogP contribution is 2.30. The van der Waals surface area contributed by atoms with Crippen LogP contribution < -0.4 is 10.5 Å². The zero-order valence-electron chi connectivity index (χ0n) is 10.5. The van der Waals surface area contributed by atoms with Crippen molar-refractivity contribution in [1.29, 1.82) is 0 Å². The molecular weight excluding hydrogens is 630 g/mol. The van der Waals surface area contributed by atoms with Crippen molar-refractivity contribution < 1.29 is 9.13 Å². The summed E-state index contributed by atoms with van der Waals surface area (Å²) in [7, 11) is 0. The van der Waals surface area contributed by atoms with E-state index in [2.05, 4.69) is 67.8 Å². The van der Waals surface area contributed by atoms with Crippen molar-refractivity contribution in [3.63, 3.8) is 0 Å². The summed E-state index contributed by atoms with van der Waals surface area (Å²) in [5.74, 6) is 0.345. The molecule has 0 unspecified atom stereocenters. The highest BCUT2D eigenvalue weighted by atomic mass is 127. The van der Waals surface area contributed by atoms with Crippen molar-refractivity contribution in [2.24, 2.45) is 5.73 Å². The van der Waals surface area contributed by atoms with Gasteiger partial charge < -0.3 is 10.5 Å². The summed E-state index contributed by atoms with van der Waals surface area (Å²) in [6.07, 6.45) is 0. The minimum absolute atomic E-state index is 0.0489. The summed E-state index contributed by atoms with van der Waals surface area (Å²) in [5, 5.41) is 0. The molecule has 0 saturated heterocycles. The predicted octanol–water partition coefficient (Wildman–Crippen LogP) is 4.85. The molecule has 0 spiro atoms. The van der Waals surface area contributed by atoms with Gasteiger partial charge in [0.2, 0.25) is 0 Å². The highest BCUT2D eigenvalue weighted by molar-refractivity contribution is 14.1. The third-order valence-electron chi connectivity index (χ3n) is 2.68. The van der Waals surface area contributed by atoms with Crippen LogP contribution in [0.25, 0.3) is 0 Å². The second-order valence-corrected chi connectivity index (χ2v) is 8.14. The lowest BCUT2D eigenvalue weighted by Crippen LogP contribution is -2.13. The third kappa shape index (κ3) is 4.38. The van der Waals surface area contributed by atoms with Crippen LogP contribution in [-0.4, -0.2) is 4.99 Å². The minimum atomic E-state index is -0.416. The molecule has 0 aliphatic carbocycles. The van der Waals surface area contributed by atoms with Crippen LogP contribution >= 0.6 is 80.0 Å². The van der Waals surface area contributed by atoms with Gasteiger partial charge in [0, 0.05) is 14.7 Å². The molecule has 7 heteroatoms. The van der Waals surface area contributed by atoms with Gasteiger partial charge in [-0.3, -0.25) is 0 Å². The van der Waals surface area contributed by atoms with Gasteiger partial charge in [0.1, 0.15) is 23.2 Å². The second kappa shape index (κ2) is 7.68. The second-order valence-electron chi connectivity index (χ2n) is 4.13. The van der Waals surface area contributed by atoms with Crippen LogP contribution in [-0.2, 0) is 6.61 Å². The Bertz CT molecular complexity index is 686. The monoisotopic (exact) mass is 639 g/mol. The molecule has 0 bridgehead atoms. The van der Waals surface area contributed by atoms with Crippen molar-refractivity contribution in [2.45, 2.75) is 6.61 Å². The smallest absolute Gasteiger partial charge is 0.146 e. The van der Waals surface area contributed by atoms with Gasteiger partial charge in [-0.25, -0.2) is 4.39 Å². The molecule has 0 atom stereocenters. The summed E-state index contributed by atoms with van der Waals surface area (Å²) >= 11 is 11.5. The van der Waals surface area contributed by atoms with Crippen LogP contribution in [0.2, 0.25) is 0 Å². The number of halogens is 4. The molecule has 2 rings (SSSR count). The molecular formula is C14H9FI3NOS. The molecule has 0 fully saturated rings. The van der Waals surface area contributed by atoms with E-state index in [9.17, 15) is 4.39 Å². The Labute approximate surface area is 168 Å². The zero-order chi connectivity index (χ0) is 15.6. The fourth-order valence-electron chi connectivity index (χ4n) is 1.70. The normalized spacial score (nSPS) is 10.5. The lowest BCUT2D eigenvalue weighted by molar-refractivity contribution is 0.295. The van der Waals surface area contributed by atoms with Gasteiger partial charge in [-0.15, -0.1) is 0 Å². The summed E-state index contributed by atoms with van der Waals surface area (Å²) in [6.45, 7) is 0.134. The number of thiocarbonyl (C=S) groups is 1. The minimum Gasteiger partial charge on any atom is -0.487 e. The number of hydrogen-bond acceptors (Lipinski definition) is 2. The molecule has 0 aliphatic heterocycles. The molecule has 0 aliphatic rings. The molecule has 0 saturated carbocycles. The van der Waals surface area contributed by atoms with Gasteiger partial charge in [0.15, 0.2) is 0 Å². The van der Waals surface area contributed by atoms with E-state index in [-0.39, 0.29) is 17.2 Å². The van der Waals surface area contributed by atoms with Crippen molar-refractivity contribution >= 4 is 85.0 Å². The maximum atomic E-state index is 14.2.